The molecule has 4 aromatic rings. The summed E-state index contributed by atoms with van der Waals surface area (Å²) < 4.78 is 3.43. The first-order valence-corrected chi connectivity index (χ1v) is 6.18. The Balaban J connectivity index is 1.90. The highest BCUT2D eigenvalue weighted by atomic mass is 16.5. The lowest BCUT2D eigenvalue weighted by Crippen LogP contribution is -2.09. The van der Waals surface area contributed by atoms with E-state index in [0.717, 1.165) is 16.1 Å². The first kappa shape index (κ1) is 11.0. The Morgan fingerprint density at radius 3 is 1.80 bits per heavy atom. The fraction of sp³-hybridized carbons (Fsp3) is 0. The number of hydrogen-bond donors (Lipinski definition) is 1. The lowest BCUT2D eigenvalue weighted by atomic mass is 10.3. The van der Waals surface area contributed by atoms with Gasteiger partial charge in [-0.05, 0) is 24.3 Å². The van der Waals surface area contributed by atoms with Crippen LogP contribution in [0, 0.1) is 0 Å². The Bertz CT molecular complexity index is 821. The van der Waals surface area contributed by atoms with Crippen molar-refractivity contribution in [3.05, 3.63) is 61.2 Å². The van der Waals surface area contributed by atoms with Gasteiger partial charge in [0.1, 0.15) is 11.4 Å². The van der Waals surface area contributed by atoms with Crippen LogP contribution in [0.25, 0.3) is 11.0 Å². The molecule has 0 atom stereocenters. The third kappa shape index (κ3) is 1.49. The first-order chi connectivity index (χ1) is 9.84. The van der Waals surface area contributed by atoms with Crippen LogP contribution in [0.5, 0.6) is 0 Å². The standard InChI is InChI=1S/C14H11N5O/c20-19(13-9-15-17-7-3-1-5-11(13)17)14-10-16-18-8-4-2-6-12(14)18/h1-10,20H. The van der Waals surface area contributed by atoms with Crippen LogP contribution in [0.4, 0.5) is 11.4 Å². The molecule has 0 aromatic carbocycles. The molecule has 0 radical (unpaired) electrons. The van der Waals surface area contributed by atoms with Gasteiger partial charge >= 0.3 is 0 Å². The normalized spacial score (nSPS) is 11.2. The Kier molecular flexibility index (Phi) is 2.24. The van der Waals surface area contributed by atoms with Gasteiger partial charge in [0.05, 0.1) is 23.4 Å². The molecule has 0 aliphatic carbocycles. The molecule has 0 aliphatic heterocycles. The van der Waals surface area contributed by atoms with Crippen LogP contribution in [-0.4, -0.2) is 24.4 Å². The van der Waals surface area contributed by atoms with Crippen LogP contribution in [0.3, 0.4) is 0 Å². The first-order valence-electron chi connectivity index (χ1n) is 6.18. The van der Waals surface area contributed by atoms with Gasteiger partial charge in [-0.3, -0.25) is 5.21 Å². The van der Waals surface area contributed by atoms with E-state index >= 15 is 0 Å². The predicted molar refractivity (Wildman–Crippen MR) is 74.3 cm³/mol. The number of fused-ring (bicyclic) bond motifs is 2. The van der Waals surface area contributed by atoms with E-state index < -0.39 is 0 Å². The van der Waals surface area contributed by atoms with Gasteiger partial charge in [0.25, 0.3) is 0 Å². The molecular formula is C14H11N5O. The maximum absolute atomic E-state index is 10.5. The fourth-order valence-electron chi connectivity index (χ4n) is 2.30. The van der Waals surface area contributed by atoms with Crippen molar-refractivity contribution in [1.29, 1.82) is 0 Å². The van der Waals surface area contributed by atoms with E-state index in [2.05, 4.69) is 10.2 Å². The van der Waals surface area contributed by atoms with Crippen molar-refractivity contribution in [3.63, 3.8) is 0 Å². The monoisotopic (exact) mass is 265 g/mol. The smallest absolute Gasteiger partial charge is 0.115 e. The molecule has 0 saturated carbocycles. The number of hydrogen-bond acceptors (Lipinski definition) is 4. The lowest BCUT2D eigenvalue weighted by Gasteiger charge is -2.13. The summed E-state index contributed by atoms with van der Waals surface area (Å²) in [6, 6.07) is 11.4. The molecule has 20 heavy (non-hydrogen) atoms. The number of aromatic nitrogens is 4. The van der Waals surface area contributed by atoms with Crippen molar-refractivity contribution in [2.45, 2.75) is 0 Å². The molecule has 0 bridgehead atoms. The zero-order chi connectivity index (χ0) is 13.5. The van der Waals surface area contributed by atoms with Gasteiger partial charge in [0.15, 0.2) is 0 Å². The van der Waals surface area contributed by atoms with Gasteiger partial charge < -0.3 is 0 Å². The summed E-state index contributed by atoms with van der Waals surface area (Å²) in [5, 5.41) is 20.0. The average Bonchev–Trinajstić information content (AvgIpc) is 3.11. The molecule has 4 heterocycles. The SMILES string of the molecule is ON(c1cnn2ccccc12)c1cnn2ccccc12. The van der Waals surface area contributed by atoms with Crippen molar-refractivity contribution in [2.75, 3.05) is 5.06 Å². The average molecular weight is 265 g/mol. The van der Waals surface area contributed by atoms with Gasteiger partial charge in [0, 0.05) is 12.4 Å². The van der Waals surface area contributed by atoms with E-state index in [1.807, 2.05) is 48.8 Å². The molecule has 0 amide bonds. The second-order valence-electron chi connectivity index (χ2n) is 4.43. The van der Waals surface area contributed by atoms with Gasteiger partial charge in [-0.1, -0.05) is 12.1 Å². The minimum absolute atomic E-state index is 0.615. The van der Waals surface area contributed by atoms with Crippen LogP contribution in [0.2, 0.25) is 0 Å². The Morgan fingerprint density at radius 1 is 0.800 bits per heavy atom. The number of anilines is 2. The largest absolute Gasteiger partial charge is 0.283 e. The summed E-state index contributed by atoms with van der Waals surface area (Å²) in [5.74, 6) is 0. The molecule has 4 rings (SSSR count). The highest BCUT2D eigenvalue weighted by Crippen LogP contribution is 2.30. The van der Waals surface area contributed by atoms with E-state index in [1.165, 1.54) is 0 Å². The second-order valence-corrected chi connectivity index (χ2v) is 4.43. The quantitative estimate of drug-likeness (QED) is 0.566. The molecule has 0 fully saturated rings. The van der Waals surface area contributed by atoms with Crippen molar-refractivity contribution < 1.29 is 5.21 Å². The molecular weight excluding hydrogens is 254 g/mol. The summed E-state index contributed by atoms with van der Waals surface area (Å²) in [4.78, 5) is 0. The number of pyridine rings is 2. The minimum Gasteiger partial charge on any atom is -0.283 e. The molecule has 6 nitrogen and oxygen atoms in total. The number of nitrogens with zero attached hydrogens (tertiary/aromatic N) is 5. The lowest BCUT2D eigenvalue weighted by molar-refractivity contribution is 0.303. The van der Waals surface area contributed by atoms with E-state index in [1.54, 1.807) is 21.4 Å². The third-order valence-electron chi connectivity index (χ3n) is 3.27. The van der Waals surface area contributed by atoms with Crippen molar-refractivity contribution in [3.8, 4) is 0 Å². The van der Waals surface area contributed by atoms with E-state index in [9.17, 15) is 5.21 Å². The minimum atomic E-state index is 0.615. The van der Waals surface area contributed by atoms with Crippen LogP contribution in [0.15, 0.2) is 61.2 Å². The Hall–Kier alpha value is -2.86. The maximum Gasteiger partial charge on any atom is 0.115 e. The Labute approximate surface area is 114 Å². The van der Waals surface area contributed by atoms with Crippen molar-refractivity contribution in [1.82, 2.24) is 19.2 Å². The molecule has 0 unspecified atom stereocenters. The molecule has 0 aliphatic rings. The van der Waals surface area contributed by atoms with Crippen LogP contribution < -0.4 is 5.06 Å². The van der Waals surface area contributed by atoms with Crippen LogP contribution in [0.1, 0.15) is 0 Å². The predicted octanol–water partition coefficient (Wildman–Crippen LogP) is 2.51. The van der Waals surface area contributed by atoms with E-state index in [4.69, 9.17) is 0 Å². The summed E-state index contributed by atoms with van der Waals surface area (Å²) in [6.45, 7) is 0. The van der Waals surface area contributed by atoms with Crippen LogP contribution >= 0.6 is 0 Å². The molecule has 4 aromatic heterocycles. The maximum atomic E-state index is 10.5. The summed E-state index contributed by atoms with van der Waals surface area (Å²) in [5.41, 5.74) is 2.88. The summed E-state index contributed by atoms with van der Waals surface area (Å²) >= 11 is 0. The van der Waals surface area contributed by atoms with E-state index in [0.29, 0.717) is 11.4 Å². The van der Waals surface area contributed by atoms with E-state index in [-0.39, 0.29) is 0 Å². The molecule has 6 heteroatoms. The van der Waals surface area contributed by atoms with Crippen LogP contribution in [-0.2, 0) is 0 Å². The Morgan fingerprint density at radius 2 is 1.30 bits per heavy atom. The fourth-order valence-corrected chi connectivity index (χ4v) is 2.30. The van der Waals surface area contributed by atoms with Gasteiger partial charge in [-0.2, -0.15) is 10.2 Å². The highest BCUT2D eigenvalue weighted by molar-refractivity contribution is 5.82. The van der Waals surface area contributed by atoms with Crippen molar-refractivity contribution in [2.24, 2.45) is 0 Å². The zero-order valence-electron chi connectivity index (χ0n) is 10.5. The van der Waals surface area contributed by atoms with Gasteiger partial charge in [0.2, 0.25) is 0 Å². The number of rotatable bonds is 2. The summed E-state index contributed by atoms with van der Waals surface area (Å²) in [6.07, 6.45) is 6.93. The second kappa shape index (κ2) is 4.07. The molecule has 1 N–H and O–H groups in total. The zero-order valence-corrected chi connectivity index (χ0v) is 10.5. The van der Waals surface area contributed by atoms with Gasteiger partial charge in [-0.15, -0.1) is 0 Å². The van der Waals surface area contributed by atoms with Gasteiger partial charge in [-0.25, -0.2) is 14.1 Å². The topological polar surface area (TPSA) is 58.1 Å². The highest BCUT2D eigenvalue weighted by Gasteiger charge is 2.16. The molecule has 0 spiro atoms. The van der Waals surface area contributed by atoms with Crippen molar-refractivity contribution >= 4 is 22.4 Å². The summed E-state index contributed by atoms with van der Waals surface area (Å²) in [7, 11) is 0. The molecule has 0 saturated heterocycles. The molecule has 98 valence electrons. The third-order valence-corrected chi connectivity index (χ3v) is 3.27.